The first-order valence-electron chi connectivity index (χ1n) is 10.5. The molecule has 3 rings (SSSR count). The minimum Gasteiger partial charge on any atom is -0.378 e. The normalized spacial score (nSPS) is 14.5. The van der Waals surface area contributed by atoms with Crippen LogP contribution in [0.15, 0.2) is 29.3 Å². The Labute approximate surface area is 201 Å². The van der Waals surface area contributed by atoms with Crippen LogP contribution < -0.4 is 15.1 Å². The van der Waals surface area contributed by atoms with Crippen LogP contribution in [0.4, 0.5) is 10.8 Å². The second-order valence-electron chi connectivity index (χ2n) is 7.37. The summed E-state index contributed by atoms with van der Waals surface area (Å²) < 4.78 is 4.41. The predicted octanol–water partition coefficient (Wildman–Crippen LogP) is 3.11. The highest BCUT2D eigenvalue weighted by atomic mass is 127. The molecule has 0 aliphatic carbocycles. The average molecular weight is 544 g/mol. The summed E-state index contributed by atoms with van der Waals surface area (Å²) in [6.45, 7) is 9.70. The summed E-state index contributed by atoms with van der Waals surface area (Å²) in [6.07, 6.45) is 1.85. The van der Waals surface area contributed by atoms with Gasteiger partial charge in [-0.3, -0.25) is 4.99 Å². The predicted molar refractivity (Wildman–Crippen MR) is 139 cm³/mol. The summed E-state index contributed by atoms with van der Waals surface area (Å²) in [6, 6.07) is 8.73. The molecule has 1 saturated heterocycles. The first-order chi connectivity index (χ1) is 14.1. The molecule has 7 nitrogen and oxygen atoms in total. The number of aryl methyl sites for hydroxylation is 1. The Hall–Kier alpha value is -1.62. The summed E-state index contributed by atoms with van der Waals surface area (Å²) in [5.41, 5.74) is 2.55. The number of aromatic nitrogens is 2. The zero-order valence-electron chi connectivity index (χ0n) is 18.5. The van der Waals surface area contributed by atoms with Crippen molar-refractivity contribution in [1.29, 1.82) is 0 Å². The van der Waals surface area contributed by atoms with E-state index in [2.05, 4.69) is 81.6 Å². The van der Waals surface area contributed by atoms with E-state index in [-0.39, 0.29) is 24.0 Å². The zero-order valence-corrected chi connectivity index (χ0v) is 21.6. The minimum absolute atomic E-state index is 0. The number of hydrogen-bond acceptors (Lipinski definition) is 6. The Morgan fingerprint density at radius 1 is 1.13 bits per heavy atom. The molecule has 1 aliphatic heterocycles. The van der Waals surface area contributed by atoms with E-state index in [1.807, 2.05) is 0 Å². The number of hydrogen-bond donors (Lipinski definition) is 1. The van der Waals surface area contributed by atoms with Crippen molar-refractivity contribution < 1.29 is 0 Å². The van der Waals surface area contributed by atoms with E-state index in [1.54, 1.807) is 0 Å². The van der Waals surface area contributed by atoms with Crippen molar-refractivity contribution in [1.82, 2.24) is 19.6 Å². The Morgan fingerprint density at radius 3 is 2.40 bits per heavy atom. The van der Waals surface area contributed by atoms with Gasteiger partial charge in [-0.2, -0.15) is 4.37 Å². The van der Waals surface area contributed by atoms with Gasteiger partial charge in [-0.1, -0.05) is 19.1 Å². The molecule has 2 aromatic rings. The van der Waals surface area contributed by atoms with Crippen molar-refractivity contribution in [2.75, 3.05) is 63.2 Å². The topological polar surface area (TPSA) is 59.9 Å². The average Bonchev–Trinajstić information content (AvgIpc) is 3.23. The number of nitrogens with zero attached hydrogens (tertiary/aromatic N) is 6. The fourth-order valence-corrected chi connectivity index (χ4v) is 4.11. The van der Waals surface area contributed by atoms with Gasteiger partial charge in [-0.15, -0.1) is 24.0 Å². The van der Waals surface area contributed by atoms with Crippen LogP contribution in [0.25, 0.3) is 0 Å². The first-order valence-corrected chi connectivity index (χ1v) is 11.2. The smallest absolute Gasteiger partial charge is 0.205 e. The van der Waals surface area contributed by atoms with Crippen molar-refractivity contribution in [3.8, 4) is 0 Å². The standard InChI is InChI=1S/C21H33N7S.HI/c1-5-19-24-21(29-25-19)28-15-13-27(14-16-28)20(22-6-2)23-12-11-17-7-9-18(10-8-17)26(3)4;/h7-10H,5-6,11-16H2,1-4H3,(H,22,23);1H. The molecular weight excluding hydrogens is 509 g/mol. The van der Waals surface area contributed by atoms with Gasteiger partial charge in [-0.25, -0.2) is 4.98 Å². The van der Waals surface area contributed by atoms with E-state index >= 15 is 0 Å². The van der Waals surface area contributed by atoms with Gasteiger partial charge in [-0.05, 0) is 31.0 Å². The number of piperazine rings is 1. The molecule has 166 valence electrons. The van der Waals surface area contributed by atoms with Gasteiger partial charge in [0.15, 0.2) is 5.96 Å². The van der Waals surface area contributed by atoms with Gasteiger partial charge in [0, 0.05) is 77.0 Å². The summed E-state index contributed by atoms with van der Waals surface area (Å²) in [4.78, 5) is 16.3. The third kappa shape index (κ3) is 6.69. The number of guanidine groups is 1. The van der Waals surface area contributed by atoms with E-state index in [4.69, 9.17) is 4.99 Å². The summed E-state index contributed by atoms with van der Waals surface area (Å²) in [5.74, 6) is 1.96. The van der Waals surface area contributed by atoms with E-state index < -0.39 is 0 Å². The molecule has 0 saturated carbocycles. The van der Waals surface area contributed by atoms with Crippen molar-refractivity contribution in [2.45, 2.75) is 26.7 Å². The lowest BCUT2D eigenvalue weighted by Gasteiger charge is -2.36. The van der Waals surface area contributed by atoms with E-state index in [0.717, 1.165) is 69.0 Å². The third-order valence-electron chi connectivity index (χ3n) is 5.07. The lowest BCUT2D eigenvalue weighted by molar-refractivity contribution is 0.372. The number of aliphatic imine (C=N–C) groups is 1. The number of nitrogens with one attached hydrogen (secondary N) is 1. The fourth-order valence-electron chi connectivity index (χ4n) is 3.30. The third-order valence-corrected chi connectivity index (χ3v) is 5.89. The molecule has 2 heterocycles. The molecule has 1 fully saturated rings. The van der Waals surface area contributed by atoms with Gasteiger partial charge in [0.05, 0.1) is 0 Å². The Morgan fingerprint density at radius 2 is 1.83 bits per heavy atom. The monoisotopic (exact) mass is 543 g/mol. The molecular formula is C21H34IN7S. The van der Waals surface area contributed by atoms with Crippen molar-refractivity contribution in [2.24, 2.45) is 4.99 Å². The summed E-state index contributed by atoms with van der Waals surface area (Å²) in [7, 11) is 4.13. The largest absolute Gasteiger partial charge is 0.378 e. The lowest BCUT2D eigenvalue weighted by Crippen LogP contribution is -2.52. The summed E-state index contributed by atoms with van der Waals surface area (Å²) >= 11 is 1.51. The molecule has 1 aromatic carbocycles. The van der Waals surface area contributed by atoms with Crippen LogP contribution in [0.2, 0.25) is 0 Å². The molecule has 1 aromatic heterocycles. The molecule has 0 bridgehead atoms. The Balaban J connectivity index is 0.00000320. The summed E-state index contributed by atoms with van der Waals surface area (Å²) in [5, 5.41) is 4.50. The molecule has 9 heteroatoms. The molecule has 30 heavy (non-hydrogen) atoms. The first kappa shape index (κ1) is 24.6. The van der Waals surface area contributed by atoms with Crippen LogP contribution in [-0.2, 0) is 12.8 Å². The maximum atomic E-state index is 4.88. The fraction of sp³-hybridized carbons (Fsp3) is 0.571. The molecule has 0 radical (unpaired) electrons. The van der Waals surface area contributed by atoms with E-state index in [9.17, 15) is 0 Å². The molecule has 0 spiro atoms. The second kappa shape index (κ2) is 12.3. The lowest BCUT2D eigenvalue weighted by atomic mass is 10.1. The highest BCUT2D eigenvalue weighted by Gasteiger charge is 2.21. The quantitative estimate of drug-likeness (QED) is 0.329. The van der Waals surface area contributed by atoms with Crippen LogP contribution in [-0.4, -0.2) is 73.6 Å². The second-order valence-corrected chi connectivity index (χ2v) is 8.10. The maximum absolute atomic E-state index is 4.88. The van der Waals surface area contributed by atoms with Crippen molar-refractivity contribution in [3.05, 3.63) is 35.7 Å². The molecule has 0 atom stereocenters. The van der Waals surface area contributed by atoms with E-state index in [1.165, 1.54) is 22.8 Å². The molecule has 1 N–H and O–H groups in total. The van der Waals surface area contributed by atoms with Gasteiger partial charge >= 0.3 is 0 Å². The van der Waals surface area contributed by atoms with Crippen LogP contribution in [0.5, 0.6) is 0 Å². The van der Waals surface area contributed by atoms with E-state index in [0.29, 0.717) is 0 Å². The van der Waals surface area contributed by atoms with Crippen molar-refractivity contribution in [3.63, 3.8) is 0 Å². The van der Waals surface area contributed by atoms with Gasteiger partial charge in [0.25, 0.3) is 0 Å². The Bertz CT molecular complexity index is 783. The zero-order chi connectivity index (χ0) is 20.6. The van der Waals surface area contributed by atoms with Gasteiger partial charge in [0.1, 0.15) is 5.82 Å². The van der Waals surface area contributed by atoms with Crippen LogP contribution in [0.1, 0.15) is 25.2 Å². The van der Waals surface area contributed by atoms with Gasteiger partial charge < -0.3 is 20.0 Å². The number of benzene rings is 1. The minimum atomic E-state index is 0. The number of rotatable bonds is 7. The SMILES string of the molecule is CCNC(=NCCc1ccc(N(C)C)cc1)N1CCN(c2nc(CC)ns2)CC1.I. The molecule has 0 unspecified atom stereocenters. The van der Waals surface area contributed by atoms with Crippen LogP contribution >= 0.6 is 35.5 Å². The van der Waals surface area contributed by atoms with Crippen LogP contribution in [0, 0.1) is 0 Å². The molecule has 0 amide bonds. The van der Waals surface area contributed by atoms with Gasteiger partial charge in [0.2, 0.25) is 5.13 Å². The van der Waals surface area contributed by atoms with Crippen LogP contribution in [0.3, 0.4) is 0 Å². The number of halogens is 1. The Kier molecular flexibility index (Phi) is 10.1. The number of anilines is 2. The van der Waals surface area contributed by atoms with Crippen molar-refractivity contribution >= 4 is 52.3 Å². The highest BCUT2D eigenvalue weighted by Crippen LogP contribution is 2.19. The maximum Gasteiger partial charge on any atom is 0.205 e. The highest BCUT2D eigenvalue weighted by molar-refractivity contribution is 14.0. The molecule has 1 aliphatic rings.